The quantitative estimate of drug-likeness (QED) is 0.172. The van der Waals surface area contributed by atoms with E-state index in [4.69, 9.17) is 4.98 Å². The van der Waals surface area contributed by atoms with Crippen molar-refractivity contribution in [2.45, 2.75) is 97.3 Å². The normalized spacial score (nSPS) is 18.2. The molecule has 0 radical (unpaired) electrons. The Morgan fingerprint density at radius 1 is 0.811 bits per heavy atom. The van der Waals surface area contributed by atoms with Crippen LogP contribution in [0.25, 0.3) is 31.2 Å². The van der Waals surface area contributed by atoms with Crippen molar-refractivity contribution in [2.24, 2.45) is 11.8 Å². The van der Waals surface area contributed by atoms with E-state index in [1.165, 1.54) is 84.4 Å². The summed E-state index contributed by atoms with van der Waals surface area (Å²) < 4.78 is 0. The van der Waals surface area contributed by atoms with Gasteiger partial charge in [0.1, 0.15) is 0 Å². The maximum Gasteiger partial charge on any atom is 0.0973 e. The first-order valence-corrected chi connectivity index (χ1v) is 16.3. The third-order valence-electron chi connectivity index (χ3n) is 8.76. The largest absolute Gasteiger partial charge is 0.253 e. The molecule has 5 rings (SSSR count). The van der Waals surface area contributed by atoms with Gasteiger partial charge in [0.15, 0.2) is 0 Å². The number of unbranched alkanes of at least 4 members (excludes halogenated alkanes) is 2. The molecule has 4 aromatic rings. The number of hydrogen-bond donors (Lipinski definition) is 0. The van der Waals surface area contributed by atoms with Crippen molar-refractivity contribution in [3.8, 4) is 20.2 Å². The van der Waals surface area contributed by atoms with E-state index in [9.17, 15) is 0 Å². The van der Waals surface area contributed by atoms with Gasteiger partial charge in [-0.05, 0) is 59.4 Å². The molecule has 2 unspecified atom stereocenters. The number of aromatic nitrogens is 2. The van der Waals surface area contributed by atoms with Gasteiger partial charge in [0.25, 0.3) is 0 Å². The number of rotatable bonds is 13. The Hall–Kier alpha value is -2.04. The van der Waals surface area contributed by atoms with Crippen LogP contribution in [0.3, 0.4) is 0 Å². The van der Waals surface area contributed by atoms with Crippen molar-refractivity contribution < 1.29 is 0 Å². The summed E-state index contributed by atoms with van der Waals surface area (Å²) in [4.78, 5) is 13.7. The van der Waals surface area contributed by atoms with Crippen LogP contribution in [-0.2, 0) is 5.41 Å². The molecule has 1 aliphatic carbocycles. The average Bonchev–Trinajstić information content (AvgIpc) is 3.64. The van der Waals surface area contributed by atoms with Gasteiger partial charge in [0.05, 0.1) is 11.0 Å². The molecule has 37 heavy (non-hydrogen) atoms. The summed E-state index contributed by atoms with van der Waals surface area (Å²) in [6.07, 6.45) is 16.7. The number of benzene rings is 1. The van der Waals surface area contributed by atoms with Gasteiger partial charge in [-0.25, -0.2) is 0 Å². The van der Waals surface area contributed by atoms with Crippen LogP contribution in [0.5, 0.6) is 0 Å². The Labute approximate surface area is 231 Å². The van der Waals surface area contributed by atoms with Crippen molar-refractivity contribution in [3.63, 3.8) is 0 Å². The van der Waals surface area contributed by atoms with E-state index >= 15 is 0 Å². The molecule has 0 spiro atoms. The van der Waals surface area contributed by atoms with Crippen LogP contribution in [0.1, 0.15) is 103 Å². The zero-order chi connectivity index (χ0) is 25.8. The standard InChI is InChI=1S/C33H42N2S2/c1-5-9-12-23(7-3)21-33(22-24(8-4)13-10-6-2)26-16-19-36-31(26)32-27(33)20-29(37-32)25-14-11-15-28-30(25)35-18-17-34-28/h11,14-20,23-24H,5-10,12-13,21-22H2,1-4H3. The van der Waals surface area contributed by atoms with E-state index in [2.05, 4.69) is 68.4 Å². The molecule has 1 aliphatic rings. The first-order chi connectivity index (χ1) is 18.1. The predicted octanol–water partition coefficient (Wildman–Crippen LogP) is 10.9. The van der Waals surface area contributed by atoms with E-state index in [1.54, 1.807) is 17.3 Å². The first-order valence-electron chi connectivity index (χ1n) is 14.6. The molecule has 4 heteroatoms. The van der Waals surface area contributed by atoms with Crippen LogP contribution in [0.2, 0.25) is 0 Å². The van der Waals surface area contributed by atoms with Gasteiger partial charge in [-0.2, -0.15) is 0 Å². The molecule has 0 fully saturated rings. The second-order valence-electron chi connectivity index (χ2n) is 11.1. The summed E-state index contributed by atoms with van der Waals surface area (Å²) in [5, 5.41) is 2.35. The minimum absolute atomic E-state index is 0.137. The van der Waals surface area contributed by atoms with E-state index in [0.717, 1.165) is 22.9 Å². The van der Waals surface area contributed by atoms with Gasteiger partial charge in [0, 0.05) is 38.0 Å². The Morgan fingerprint density at radius 3 is 2.19 bits per heavy atom. The number of para-hydroxylation sites is 1. The fourth-order valence-corrected chi connectivity index (χ4v) is 9.10. The Bertz CT molecular complexity index is 1290. The summed E-state index contributed by atoms with van der Waals surface area (Å²) in [5.41, 5.74) is 6.61. The third-order valence-corrected chi connectivity index (χ3v) is 11.0. The molecule has 0 N–H and O–H groups in total. The maximum atomic E-state index is 4.75. The summed E-state index contributed by atoms with van der Waals surface area (Å²) in [6.45, 7) is 9.51. The van der Waals surface area contributed by atoms with Crippen LogP contribution >= 0.6 is 22.7 Å². The number of hydrogen-bond acceptors (Lipinski definition) is 4. The molecular formula is C33H42N2S2. The molecule has 3 heterocycles. The van der Waals surface area contributed by atoms with Gasteiger partial charge in [0.2, 0.25) is 0 Å². The monoisotopic (exact) mass is 530 g/mol. The van der Waals surface area contributed by atoms with Crippen LogP contribution < -0.4 is 0 Å². The zero-order valence-corrected chi connectivity index (χ0v) is 24.7. The topological polar surface area (TPSA) is 25.8 Å². The third kappa shape index (κ3) is 5.04. The number of nitrogens with zero attached hydrogens (tertiary/aromatic N) is 2. The lowest BCUT2D eigenvalue weighted by atomic mass is 9.65. The highest BCUT2D eigenvalue weighted by Gasteiger charge is 2.47. The van der Waals surface area contributed by atoms with E-state index in [1.807, 2.05) is 28.9 Å². The molecule has 2 nitrogen and oxygen atoms in total. The summed E-state index contributed by atoms with van der Waals surface area (Å²) in [6, 6.07) is 11.5. The minimum Gasteiger partial charge on any atom is -0.253 e. The van der Waals surface area contributed by atoms with E-state index < -0.39 is 0 Å². The fourth-order valence-electron chi connectivity index (χ4n) is 6.64. The molecule has 2 atom stereocenters. The Balaban J connectivity index is 1.64. The lowest BCUT2D eigenvalue weighted by Gasteiger charge is -2.37. The maximum absolute atomic E-state index is 4.75. The van der Waals surface area contributed by atoms with Crippen molar-refractivity contribution in [2.75, 3.05) is 0 Å². The van der Waals surface area contributed by atoms with Crippen LogP contribution in [-0.4, -0.2) is 9.97 Å². The molecule has 0 aliphatic heterocycles. The zero-order valence-electron chi connectivity index (χ0n) is 23.1. The Kier molecular flexibility index (Phi) is 8.46. The molecule has 3 aromatic heterocycles. The van der Waals surface area contributed by atoms with Gasteiger partial charge >= 0.3 is 0 Å². The average molecular weight is 531 g/mol. The van der Waals surface area contributed by atoms with E-state index in [-0.39, 0.29) is 5.41 Å². The van der Waals surface area contributed by atoms with Gasteiger partial charge in [-0.3, -0.25) is 9.97 Å². The van der Waals surface area contributed by atoms with Gasteiger partial charge < -0.3 is 0 Å². The van der Waals surface area contributed by atoms with Crippen LogP contribution in [0.4, 0.5) is 0 Å². The molecular weight excluding hydrogens is 489 g/mol. The molecule has 0 bridgehead atoms. The highest BCUT2D eigenvalue weighted by Crippen LogP contribution is 2.61. The summed E-state index contributed by atoms with van der Waals surface area (Å²) in [5.74, 6) is 1.54. The fraction of sp³-hybridized carbons (Fsp3) is 0.515. The molecule has 196 valence electrons. The highest BCUT2D eigenvalue weighted by atomic mass is 32.1. The van der Waals surface area contributed by atoms with E-state index in [0.29, 0.717) is 0 Å². The SMILES string of the molecule is CCCCC(CC)CC1(CC(CC)CCCC)c2ccsc2-c2sc(-c3cccc4nccnc34)cc21. The van der Waals surface area contributed by atoms with Crippen molar-refractivity contribution in [1.82, 2.24) is 9.97 Å². The molecule has 0 saturated carbocycles. The highest BCUT2D eigenvalue weighted by molar-refractivity contribution is 7.23. The minimum atomic E-state index is 0.137. The first kappa shape index (κ1) is 26.6. The smallest absolute Gasteiger partial charge is 0.0973 e. The van der Waals surface area contributed by atoms with Crippen LogP contribution in [0, 0.1) is 11.8 Å². The predicted molar refractivity (Wildman–Crippen MR) is 163 cm³/mol. The van der Waals surface area contributed by atoms with Crippen molar-refractivity contribution in [1.29, 1.82) is 0 Å². The molecule has 0 saturated heterocycles. The number of thiophene rings is 2. The molecule has 0 amide bonds. The molecule has 1 aromatic carbocycles. The summed E-state index contributed by atoms with van der Waals surface area (Å²) >= 11 is 3.94. The van der Waals surface area contributed by atoms with Crippen molar-refractivity contribution >= 4 is 33.7 Å². The second kappa shape index (κ2) is 11.8. The number of fused-ring (bicyclic) bond motifs is 4. The van der Waals surface area contributed by atoms with Gasteiger partial charge in [-0.15, -0.1) is 22.7 Å². The lowest BCUT2D eigenvalue weighted by Crippen LogP contribution is -2.31. The van der Waals surface area contributed by atoms with Crippen LogP contribution in [0.15, 0.2) is 48.1 Å². The summed E-state index contributed by atoms with van der Waals surface area (Å²) in [7, 11) is 0. The van der Waals surface area contributed by atoms with Gasteiger partial charge in [-0.1, -0.05) is 91.2 Å². The second-order valence-corrected chi connectivity index (χ2v) is 13.0. The van der Waals surface area contributed by atoms with Crippen molar-refractivity contribution in [3.05, 3.63) is 59.2 Å². The Morgan fingerprint density at radius 2 is 1.51 bits per heavy atom. The lowest BCUT2D eigenvalue weighted by molar-refractivity contribution is 0.266.